The van der Waals surface area contributed by atoms with Gasteiger partial charge in [-0.05, 0) is 25.0 Å². The van der Waals surface area contributed by atoms with Crippen LogP contribution in [0.25, 0.3) is 0 Å². The number of carbonyl (C=O) groups excluding carboxylic acids is 4. The largest absolute Gasteiger partial charge is 0.366 e. The Hall–Kier alpha value is -2.90. The molecule has 2 rings (SSSR count). The topological polar surface area (TPSA) is 158 Å². The van der Waals surface area contributed by atoms with Crippen LogP contribution < -0.4 is 22.5 Å². The van der Waals surface area contributed by atoms with Crippen molar-refractivity contribution in [2.24, 2.45) is 17.2 Å². The molecule has 8 heteroatoms. The van der Waals surface area contributed by atoms with Gasteiger partial charge in [0.1, 0.15) is 0 Å². The molecule has 4 amide bonds. The Balaban J connectivity index is 2.44. The van der Waals surface area contributed by atoms with Crippen molar-refractivity contribution in [3.05, 3.63) is 34.4 Å². The molecule has 128 valence electrons. The first-order valence-electron chi connectivity index (χ1n) is 7.69. The molecule has 7 N–H and O–H groups in total. The van der Waals surface area contributed by atoms with Crippen molar-refractivity contribution < 1.29 is 19.2 Å². The van der Waals surface area contributed by atoms with Gasteiger partial charge in [-0.3, -0.25) is 19.2 Å². The molecule has 0 heterocycles. The van der Waals surface area contributed by atoms with E-state index in [4.69, 9.17) is 17.2 Å². The molecule has 1 aliphatic rings. The Labute approximate surface area is 138 Å². The summed E-state index contributed by atoms with van der Waals surface area (Å²) >= 11 is 0. The van der Waals surface area contributed by atoms with Crippen LogP contribution in [0.4, 0.5) is 0 Å². The zero-order valence-electron chi connectivity index (χ0n) is 13.1. The zero-order valence-corrected chi connectivity index (χ0v) is 13.1. The number of amides is 4. The molecule has 0 atom stereocenters. The van der Waals surface area contributed by atoms with Gasteiger partial charge in [0.2, 0.25) is 17.7 Å². The lowest BCUT2D eigenvalue weighted by molar-refractivity contribution is 0.0912. The minimum absolute atomic E-state index is 0.000165. The van der Waals surface area contributed by atoms with Gasteiger partial charge < -0.3 is 22.5 Å². The number of nitrogens with one attached hydrogen (secondary N) is 1. The molecule has 0 spiro atoms. The quantitative estimate of drug-likeness (QED) is 0.600. The van der Waals surface area contributed by atoms with Crippen LogP contribution in [-0.4, -0.2) is 29.7 Å². The summed E-state index contributed by atoms with van der Waals surface area (Å²) in [5.74, 6) is -3.30. The zero-order chi connectivity index (χ0) is 17.9. The van der Waals surface area contributed by atoms with E-state index in [0.717, 1.165) is 44.2 Å². The van der Waals surface area contributed by atoms with Crippen LogP contribution in [-0.2, 0) is 0 Å². The van der Waals surface area contributed by atoms with E-state index in [2.05, 4.69) is 5.32 Å². The minimum Gasteiger partial charge on any atom is -0.366 e. The van der Waals surface area contributed by atoms with Gasteiger partial charge in [0.05, 0.1) is 22.3 Å². The van der Waals surface area contributed by atoms with E-state index >= 15 is 0 Å². The third-order valence-electron chi connectivity index (χ3n) is 4.14. The SMILES string of the molecule is NC(=O)c1cc(C(N)=O)c(C(=O)NC2CCCCC2)cc1C(N)=O. The third-order valence-corrected chi connectivity index (χ3v) is 4.14. The summed E-state index contributed by atoms with van der Waals surface area (Å²) in [6.07, 6.45) is 4.85. The van der Waals surface area contributed by atoms with Crippen LogP contribution in [0, 0.1) is 0 Å². The monoisotopic (exact) mass is 332 g/mol. The standard InChI is InChI=1S/C16H20N4O4/c17-13(21)9-6-11(15(19)23)12(7-10(9)14(18)22)16(24)20-8-4-2-1-3-5-8/h6-8H,1-5H2,(H2,17,21)(H2,18,22)(H2,19,23)(H,20,24). The lowest BCUT2D eigenvalue weighted by Crippen LogP contribution is -2.37. The number of rotatable bonds is 5. The van der Waals surface area contributed by atoms with Gasteiger partial charge in [-0.2, -0.15) is 0 Å². The molecular formula is C16H20N4O4. The van der Waals surface area contributed by atoms with Crippen molar-refractivity contribution in [2.45, 2.75) is 38.1 Å². The average molecular weight is 332 g/mol. The van der Waals surface area contributed by atoms with Crippen molar-refractivity contribution in [2.75, 3.05) is 0 Å². The second-order valence-corrected chi connectivity index (χ2v) is 5.84. The summed E-state index contributed by atoms with van der Waals surface area (Å²) in [5, 5.41) is 2.83. The first-order valence-corrected chi connectivity index (χ1v) is 7.69. The van der Waals surface area contributed by atoms with Crippen LogP contribution in [0.15, 0.2) is 12.1 Å². The highest BCUT2D eigenvalue weighted by molar-refractivity contribution is 6.13. The van der Waals surface area contributed by atoms with Crippen molar-refractivity contribution >= 4 is 23.6 Å². The summed E-state index contributed by atoms with van der Waals surface area (Å²) in [5.41, 5.74) is 15.0. The highest BCUT2D eigenvalue weighted by Crippen LogP contribution is 2.20. The van der Waals surface area contributed by atoms with Gasteiger partial charge >= 0.3 is 0 Å². The molecule has 1 aromatic carbocycles. The first kappa shape index (κ1) is 17.5. The normalized spacial score (nSPS) is 14.8. The molecule has 8 nitrogen and oxygen atoms in total. The number of hydrogen-bond acceptors (Lipinski definition) is 4. The molecule has 0 aliphatic heterocycles. The molecule has 0 radical (unpaired) electrons. The van der Waals surface area contributed by atoms with E-state index in [1.807, 2.05) is 0 Å². The molecule has 1 saturated carbocycles. The molecule has 0 bridgehead atoms. The highest BCUT2D eigenvalue weighted by Gasteiger charge is 2.24. The van der Waals surface area contributed by atoms with Crippen molar-refractivity contribution in [3.63, 3.8) is 0 Å². The second-order valence-electron chi connectivity index (χ2n) is 5.84. The maximum Gasteiger partial charge on any atom is 0.252 e. The van der Waals surface area contributed by atoms with Crippen LogP contribution in [0.3, 0.4) is 0 Å². The van der Waals surface area contributed by atoms with E-state index in [9.17, 15) is 19.2 Å². The number of benzene rings is 1. The summed E-state index contributed by atoms with van der Waals surface area (Å²) in [6.45, 7) is 0. The smallest absolute Gasteiger partial charge is 0.252 e. The van der Waals surface area contributed by atoms with Gasteiger partial charge in [0.15, 0.2) is 0 Å². The van der Waals surface area contributed by atoms with Crippen LogP contribution in [0.1, 0.15) is 73.5 Å². The third kappa shape index (κ3) is 3.70. The Morgan fingerprint density at radius 1 is 0.750 bits per heavy atom. The fourth-order valence-corrected chi connectivity index (χ4v) is 2.91. The van der Waals surface area contributed by atoms with Crippen LogP contribution >= 0.6 is 0 Å². The predicted molar refractivity (Wildman–Crippen MR) is 86.3 cm³/mol. The van der Waals surface area contributed by atoms with Crippen LogP contribution in [0.5, 0.6) is 0 Å². The van der Waals surface area contributed by atoms with Gasteiger partial charge in [0, 0.05) is 6.04 Å². The molecule has 0 aromatic heterocycles. The summed E-state index contributed by atoms with van der Waals surface area (Å²) in [7, 11) is 0. The molecule has 0 unspecified atom stereocenters. The predicted octanol–water partition coefficient (Wildman–Crippen LogP) is 0.0458. The summed E-state index contributed by atoms with van der Waals surface area (Å²) < 4.78 is 0. The number of hydrogen-bond donors (Lipinski definition) is 4. The summed E-state index contributed by atoms with van der Waals surface area (Å²) in [4.78, 5) is 47.2. The number of primary amides is 3. The lowest BCUT2D eigenvalue weighted by Gasteiger charge is -2.23. The number of nitrogens with two attached hydrogens (primary N) is 3. The van der Waals surface area contributed by atoms with Gasteiger partial charge in [-0.1, -0.05) is 19.3 Å². The average Bonchev–Trinajstić information content (AvgIpc) is 2.54. The maximum atomic E-state index is 12.5. The fraction of sp³-hybridized carbons (Fsp3) is 0.375. The lowest BCUT2D eigenvalue weighted by atomic mass is 9.93. The first-order chi connectivity index (χ1) is 11.3. The Morgan fingerprint density at radius 3 is 1.62 bits per heavy atom. The van der Waals surface area contributed by atoms with E-state index in [-0.39, 0.29) is 28.3 Å². The Morgan fingerprint density at radius 2 is 1.17 bits per heavy atom. The van der Waals surface area contributed by atoms with E-state index in [1.165, 1.54) is 0 Å². The summed E-state index contributed by atoms with van der Waals surface area (Å²) in [6, 6.07) is 2.14. The van der Waals surface area contributed by atoms with Crippen molar-refractivity contribution in [1.29, 1.82) is 0 Å². The fourth-order valence-electron chi connectivity index (χ4n) is 2.91. The minimum atomic E-state index is -0.939. The van der Waals surface area contributed by atoms with Gasteiger partial charge in [-0.15, -0.1) is 0 Å². The molecule has 1 fully saturated rings. The molecule has 1 aliphatic carbocycles. The molecule has 1 aromatic rings. The Kier molecular flexibility index (Phi) is 5.18. The van der Waals surface area contributed by atoms with Crippen LogP contribution in [0.2, 0.25) is 0 Å². The maximum absolute atomic E-state index is 12.5. The molecular weight excluding hydrogens is 312 g/mol. The number of carbonyl (C=O) groups is 4. The Bertz CT molecular complexity index is 708. The van der Waals surface area contributed by atoms with E-state index in [1.54, 1.807) is 0 Å². The molecule has 0 saturated heterocycles. The second kappa shape index (κ2) is 7.12. The van der Waals surface area contributed by atoms with E-state index in [0.29, 0.717) is 0 Å². The van der Waals surface area contributed by atoms with Gasteiger partial charge in [0.25, 0.3) is 5.91 Å². The van der Waals surface area contributed by atoms with Crippen molar-refractivity contribution in [3.8, 4) is 0 Å². The van der Waals surface area contributed by atoms with Crippen molar-refractivity contribution in [1.82, 2.24) is 5.32 Å². The molecule has 24 heavy (non-hydrogen) atoms. The van der Waals surface area contributed by atoms with Gasteiger partial charge in [-0.25, -0.2) is 0 Å². The van der Waals surface area contributed by atoms with E-state index < -0.39 is 23.6 Å². The highest BCUT2D eigenvalue weighted by atomic mass is 16.2.